The standard InChI is InChI=1S/C15H22N/c1-2-6-14-9-11-16(12-10-14)13-15-7-4-3-5-8-15/h3-8,14H,2,9-13H2,1H3. The summed E-state index contributed by atoms with van der Waals surface area (Å²) in [5, 5.41) is 0. The molecule has 0 aliphatic carbocycles. The zero-order valence-electron chi connectivity index (χ0n) is 10.2. The number of hydrogen-bond donors (Lipinski definition) is 0. The molecule has 0 N–H and O–H groups in total. The Labute approximate surface area is 99.5 Å². The Morgan fingerprint density at radius 2 is 1.88 bits per heavy atom. The van der Waals surface area contributed by atoms with Gasteiger partial charge in [0.25, 0.3) is 0 Å². The molecule has 1 saturated heterocycles. The van der Waals surface area contributed by atoms with Crippen molar-refractivity contribution in [3.8, 4) is 0 Å². The predicted octanol–water partition coefficient (Wildman–Crippen LogP) is 3.51. The van der Waals surface area contributed by atoms with Crippen molar-refractivity contribution in [1.29, 1.82) is 0 Å². The molecule has 1 fully saturated rings. The van der Waals surface area contributed by atoms with Crippen molar-refractivity contribution in [2.24, 2.45) is 5.92 Å². The van der Waals surface area contributed by atoms with Crippen molar-refractivity contribution in [2.75, 3.05) is 13.1 Å². The van der Waals surface area contributed by atoms with E-state index in [1.165, 1.54) is 37.9 Å². The second-order valence-electron chi connectivity index (χ2n) is 4.74. The first-order chi connectivity index (χ1) is 7.88. The molecular formula is C15H22N. The molecule has 2 rings (SSSR count). The van der Waals surface area contributed by atoms with E-state index in [9.17, 15) is 0 Å². The first-order valence-electron chi connectivity index (χ1n) is 6.48. The van der Waals surface area contributed by atoms with Crippen LogP contribution in [0.25, 0.3) is 0 Å². The monoisotopic (exact) mass is 216 g/mol. The maximum atomic E-state index is 2.58. The van der Waals surface area contributed by atoms with E-state index in [0.717, 1.165) is 12.5 Å². The molecule has 1 aliphatic rings. The number of nitrogens with zero attached hydrogens (tertiary/aromatic N) is 1. The molecule has 0 spiro atoms. The van der Waals surface area contributed by atoms with Crippen molar-refractivity contribution in [3.63, 3.8) is 0 Å². The normalized spacial score (nSPS) is 18.8. The molecule has 1 aromatic rings. The number of benzene rings is 1. The Morgan fingerprint density at radius 1 is 1.19 bits per heavy atom. The maximum absolute atomic E-state index is 2.58. The SMILES string of the molecule is CC[CH]C1CCN(Cc2ccccc2)CC1. The second kappa shape index (κ2) is 6.05. The lowest BCUT2D eigenvalue weighted by molar-refractivity contribution is 0.188. The molecule has 1 heterocycles. The lowest BCUT2D eigenvalue weighted by atomic mass is 9.92. The molecule has 0 unspecified atom stereocenters. The lowest BCUT2D eigenvalue weighted by Crippen LogP contribution is -2.33. The highest BCUT2D eigenvalue weighted by molar-refractivity contribution is 5.14. The summed E-state index contributed by atoms with van der Waals surface area (Å²) in [4.78, 5) is 2.58. The fourth-order valence-corrected chi connectivity index (χ4v) is 2.52. The average Bonchev–Trinajstić information content (AvgIpc) is 2.33. The minimum absolute atomic E-state index is 0.872. The molecule has 1 nitrogen and oxygen atoms in total. The van der Waals surface area contributed by atoms with Gasteiger partial charge in [-0.25, -0.2) is 0 Å². The van der Waals surface area contributed by atoms with Crippen LogP contribution < -0.4 is 0 Å². The first-order valence-corrected chi connectivity index (χ1v) is 6.48. The Morgan fingerprint density at radius 3 is 2.50 bits per heavy atom. The van der Waals surface area contributed by atoms with Crippen molar-refractivity contribution >= 4 is 0 Å². The second-order valence-corrected chi connectivity index (χ2v) is 4.74. The minimum atomic E-state index is 0.872. The van der Waals surface area contributed by atoms with Crippen LogP contribution in [-0.4, -0.2) is 18.0 Å². The van der Waals surface area contributed by atoms with Gasteiger partial charge >= 0.3 is 0 Å². The third kappa shape index (κ3) is 3.34. The number of hydrogen-bond acceptors (Lipinski definition) is 1. The molecule has 0 bridgehead atoms. The summed E-state index contributed by atoms with van der Waals surface area (Å²) < 4.78 is 0. The van der Waals surface area contributed by atoms with Crippen LogP contribution in [0.2, 0.25) is 0 Å². The van der Waals surface area contributed by atoms with Crippen LogP contribution in [0.4, 0.5) is 0 Å². The fourth-order valence-electron chi connectivity index (χ4n) is 2.52. The third-order valence-corrected chi connectivity index (χ3v) is 3.45. The smallest absolute Gasteiger partial charge is 0.0233 e. The zero-order valence-corrected chi connectivity index (χ0v) is 10.2. The van der Waals surface area contributed by atoms with E-state index >= 15 is 0 Å². The molecule has 0 aromatic heterocycles. The molecule has 0 atom stereocenters. The van der Waals surface area contributed by atoms with Crippen LogP contribution >= 0.6 is 0 Å². The Bertz CT molecular complexity index is 286. The molecule has 1 radical (unpaired) electrons. The van der Waals surface area contributed by atoms with E-state index in [-0.39, 0.29) is 0 Å². The van der Waals surface area contributed by atoms with Gasteiger partial charge in [-0.2, -0.15) is 0 Å². The third-order valence-electron chi connectivity index (χ3n) is 3.45. The highest BCUT2D eigenvalue weighted by Gasteiger charge is 2.18. The fraction of sp³-hybridized carbons (Fsp3) is 0.533. The summed E-state index contributed by atoms with van der Waals surface area (Å²) in [6, 6.07) is 10.8. The average molecular weight is 216 g/mol. The summed E-state index contributed by atoms with van der Waals surface area (Å²) in [6.07, 6.45) is 6.41. The van der Waals surface area contributed by atoms with Crippen LogP contribution in [0.5, 0.6) is 0 Å². The van der Waals surface area contributed by atoms with E-state index in [2.05, 4.69) is 48.6 Å². The van der Waals surface area contributed by atoms with E-state index < -0.39 is 0 Å². The van der Waals surface area contributed by atoms with Crippen LogP contribution in [0, 0.1) is 12.3 Å². The van der Waals surface area contributed by atoms with Crippen LogP contribution in [0.3, 0.4) is 0 Å². The van der Waals surface area contributed by atoms with E-state index in [1.807, 2.05) is 0 Å². The quantitative estimate of drug-likeness (QED) is 0.744. The van der Waals surface area contributed by atoms with Crippen LogP contribution in [0.15, 0.2) is 30.3 Å². The Balaban J connectivity index is 1.77. The molecule has 87 valence electrons. The van der Waals surface area contributed by atoms with Crippen molar-refractivity contribution in [2.45, 2.75) is 32.7 Å². The number of rotatable bonds is 4. The van der Waals surface area contributed by atoms with Crippen molar-refractivity contribution < 1.29 is 0 Å². The van der Waals surface area contributed by atoms with Crippen molar-refractivity contribution in [3.05, 3.63) is 42.3 Å². The predicted molar refractivity (Wildman–Crippen MR) is 69.0 cm³/mol. The number of piperidine rings is 1. The van der Waals surface area contributed by atoms with Gasteiger partial charge < -0.3 is 0 Å². The van der Waals surface area contributed by atoms with E-state index in [0.29, 0.717) is 0 Å². The first kappa shape index (κ1) is 11.7. The van der Waals surface area contributed by atoms with Gasteiger partial charge in [0.05, 0.1) is 0 Å². The molecule has 0 amide bonds. The van der Waals surface area contributed by atoms with Gasteiger partial charge in [0.15, 0.2) is 0 Å². The Kier molecular flexibility index (Phi) is 4.41. The lowest BCUT2D eigenvalue weighted by Gasteiger charge is -2.31. The highest BCUT2D eigenvalue weighted by atomic mass is 15.1. The summed E-state index contributed by atoms with van der Waals surface area (Å²) in [5.74, 6) is 0.872. The van der Waals surface area contributed by atoms with Gasteiger partial charge in [-0.3, -0.25) is 4.90 Å². The minimum Gasteiger partial charge on any atom is -0.299 e. The largest absolute Gasteiger partial charge is 0.299 e. The van der Waals surface area contributed by atoms with E-state index in [4.69, 9.17) is 0 Å². The molecule has 1 aliphatic heterocycles. The molecular weight excluding hydrogens is 194 g/mol. The Hall–Kier alpha value is -0.820. The van der Waals surface area contributed by atoms with Gasteiger partial charge in [-0.1, -0.05) is 43.7 Å². The zero-order chi connectivity index (χ0) is 11.2. The van der Waals surface area contributed by atoms with Gasteiger partial charge in [0.2, 0.25) is 0 Å². The topological polar surface area (TPSA) is 3.24 Å². The molecule has 16 heavy (non-hydrogen) atoms. The summed E-state index contributed by atoms with van der Waals surface area (Å²) >= 11 is 0. The summed E-state index contributed by atoms with van der Waals surface area (Å²) in [5.41, 5.74) is 1.44. The molecule has 0 saturated carbocycles. The van der Waals surface area contributed by atoms with Gasteiger partial charge in [0, 0.05) is 6.54 Å². The summed E-state index contributed by atoms with van der Waals surface area (Å²) in [7, 11) is 0. The van der Waals surface area contributed by atoms with Gasteiger partial charge in [-0.15, -0.1) is 0 Å². The highest BCUT2D eigenvalue weighted by Crippen LogP contribution is 2.21. The van der Waals surface area contributed by atoms with Crippen LogP contribution in [-0.2, 0) is 6.54 Å². The van der Waals surface area contributed by atoms with Crippen molar-refractivity contribution in [1.82, 2.24) is 4.90 Å². The maximum Gasteiger partial charge on any atom is 0.0233 e. The van der Waals surface area contributed by atoms with Gasteiger partial charge in [0.1, 0.15) is 0 Å². The van der Waals surface area contributed by atoms with Gasteiger partial charge in [-0.05, 0) is 43.8 Å². The molecule has 1 heteroatoms. The van der Waals surface area contributed by atoms with Crippen LogP contribution in [0.1, 0.15) is 31.7 Å². The summed E-state index contributed by atoms with van der Waals surface area (Å²) in [6.45, 7) is 5.89. The molecule has 1 aromatic carbocycles. The van der Waals surface area contributed by atoms with E-state index in [1.54, 1.807) is 0 Å². The number of likely N-dealkylation sites (tertiary alicyclic amines) is 1.